The van der Waals surface area contributed by atoms with Gasteiger partial charge in [0, 0.05) is 12.6 Å². The number of alkyl halides is 2. The maximum atomic E-state index is 12.4. The van der Waals surface area contributed by atoms with E-state index < -0.39 is 6.61 Å². The van der Waals surface area contributed by atoms with Gasteiger partial charge in [-0.1, -0.05) is 13.0 Å². The molecule has 1 aliphatic rings. The Morgan fingerprint density at radius 1 is 1.38 bits per heavy atom. The highest BCUT2D eigenvalue weighted by molar-refractivity contribution is 14.0. The highest BCUT2D eigenvalue weighted by Crippen LogP contribution is 2.30. The van der Waals surface area contributed by atoms with Crippen molar-refractivity contribution >= 4 is 29.9 Å². The minimum Gasteiger partial charge on any atom is -0.493 e. The third kappa shape index (κ3) is 6.29. The lowest BCUT2D eigenvalue weighted by Crippen LogP contribution is -2.39. The Hall–Kier alpha value is -1.32. The Kier molecular flexibility index (Phi) is 8.51. The van der Waals surface area contributed by atoms with Crippen LogP contribution in [0.3, 0.4) is 0 Å². The first-order chi connectivity index (χ1) is 11.0. The summed E-state index contributed by atoms with van der Waals surface area (Å²) in [5.41, 5.74) is 0.766. The van der Waals surface area contributed by atoms with Gasteiger partial charge in [0.1, 0.15) is 0 Å². The molecule has 2 atom stereocenters. The second-order valence-electron chi connectivity index (χ2n) is 5.52. The first-order valence-corrected chi connectivity index (χ1v) is 7.70. The molecule has 1 aliphatic carbocycles. The lowest BCUT2D eigenvalue weighted by molar-refractivity contribution is -0.0512. The fourth-order valence-electron chi connectivity index (χ4n) is 2.20. The predicted octanol–water partition coefficient (Wildman–Crippen LogP) is 3.38. The van der Waals surface area contributed by atoms with Crippen molar-refractivity contribution in [2.45, 2.75) is 39.5 Å². The number of aliphatic imine (C=N–C) groups is 1. The molecular weight excluding hydrogens is 431 g/mol. The highest BCUT2D eigenvalue weighted by atomic mass is 127. The summed E-state index contributed by atoms with van der Waals surface area (Å²) in [5, 5.41) is 6.52. The normalized spacial score (nSPS) is 19.5. The first kappa shape index (κ1) is 20.7. The number of methoxy groups -OCH3 is 1. The van der Waals surface area contributed by atoms with E-state index in [0.29, 0.717) is 18.5 Å². The van der Waals surface area contributed by atoms with Crippen molar-refractivity contribution in [1.82, 2.24) is 10.6 Å². The number of benzene rings is 1. The van der Waals surface area contributed by atoms with Gasteiger partial charge in [0.05, 0.1) is 13.7 Å². The molecule has 0 radical (unpaired) electrons. The van der Waals surface area contributed by atoms with Crippen LogP contribution in [0.5, 0.6) is 11.5 Å². The maximum Gasteiger partial charge on any atom is 0.387 e. The van der Waals surface area contributed by atoms with E-state index in [2.05, 4.69) is 27.3 Å². The molecule has 8 heteroatoms. The minimum absolute atomic E-state index is 0. The molecule has 0 saturated heterocycles. The van der Waals surface area contributed by atoms with E-state index in [-0.39, 0.29) is 35.5 Å². The first-order valence-electron chi connectivity index (χ1n) is 7.70. The van der Waals surface area contributed by atoms with Crippen LogP contribution in [0.25, 0.3) is 0 Å². The van der Waals surface area contributed by atoms with Crippen LogP contribution in [0, 0.1) is 5.92 Å². The van der Waals surface area contributed by atoms with E-state index in [1.165, 1.54) is 13.2 Å². The van der Waals surface area contributed by atoms with Gasteiger partial charge < -0.3 is 20.1 Å². The summed E-state index contributed by atoms with van der Waals surface area (Å²) in [4.78, 5) is 4.48. The number of rotatable bonds is 7. The third-order valence-electron chi connectivity index (χ3n) is 3.64. The molecule has 1 saturated carbocycles. The van der Waals surface area contributed by atoms with Crippen LogP contribution in [0.2, 0.25) is 0 Å². The van der Waals surface area contributed by atoms with Crippen molar-refractivity contribution in [3.8, 4) is 11.5 Å². The zero-order valence-electron chi connectivity index (χ0n) is 14.0. The summed E-state index contributed by atoms with van der Waals surface area (Å²) in [6.45, 7) is 2.40. The largest absolute Gasteiger partial charge is 0.493 e. The molecule has 0 bridgehead atoms. The van der Waals surface area contributed by atoms with Crippen LogP contribution in [-0.4, -0.2) is 32.3 Å². The van der Waals surface area contributed by atoms with Crippen molar-refractivity contribution in [1.29, 1.82) is 0 Å². The van der Waals surface area contributed by atoms with Gasteiger partial charge in [-0.05, 0) is 37.0 Å². The molecule has 136 valence electrons. The smallest absolute Gasteiger partial charge is 0.387 e. The van der Waals surface area contributed by atoms with Crippen LogP contribution in [-0.2, 0) is 6.54 Å². The average Bonchev–Trinajstić information content (AvgIpc) is 3.20. The predicted molar refractivity (Wildman–Crippen MR) is 101 cm³/mol. The number of nitrogens with one attached hydrogen (secondary N) is 2. The standard InChI is InChI=1S/C16H23F2N3O2.HI/c1-4-19-16(21-12-7-10(12)2)20-9-11-5-6-13(22-3)14(8-11)23-15(17)18;/h5-6,8,10,12,15H,4,7,9H2,1-3H3,(H2,19,20,21);1H. The fraction of sp³-hybridized carbons (Fsp3) is 0.562. The van der Waals surface area contributed by atoms with Crippen LogP contribution in [0.4, 0.5) is 8.78 Å². The van der Waals surface area contributed by atoms with E-state index in [4.69, 9.17) is 4.74 Å². The van der Waals surface area contributed by atoms with E-state index in [9.17, 15) is 8.78 Å². The summed E-state index contributed by atoms with van der Waals surface area (Å²) < 4.78 is 34.4. The number of hydrogen-bond donors (Lipinski definition) is 2. The molecule has 1 aromatic rings. The molecule has 1 fully saturated rings. The van der Waals surface area contributed by atoms with Crippen LogP contribution in [0.1, 0.15) is 25.8 Å². The second-order valence-corrected chi connectivity index (χ2v) is 5.52. The zero-order chi connectivity index (χ0) is 16.8. The van der Waals surface area contributed by atoms with Crippen molar-refractivity contribution in [3.63, 3.8) is 0 Å². The highest BCUT2D eigenvalue weighted by Gasteiger charge is 2.33. The quantitative estimate of drug-likeness (QED) is 0.376. The third-order valence-corrected chi connectivity index (χ3v) is 3.64. The number of halogens is 3. The van der Waals surface area contributed by atoms with Crippen LogP contribution < -0.4 is 20.1 Å². The summed E-state index contributed by atoms with van der Waals surface area (Å²) in [6, 6.07) is 5.37. The molecule has 0 aromatic heterocycles. The number of hydrogen-bond acceptors (Lipinski definition) is 3. The van der Waals surface area contributed by atoms with Gasteiger partial charge in [-0.3, -0.25) is 0 Å². The summed E-state index contributed by atoms with van der Waals surface area (Å²) in [7, 11) is 1.41. The van der Waals surface area contributed by atoms with Crippen molar-refractivity contribution in [2.24, 2.45) is 10.9 Å². The molecule has 0 aliphatic heterocycles. The van der Waals surface area contributed by atoms with E-state index in [0.717, 1.165) is 24.5 Å². The lowest BCUT2D eigenvalue weighted by Gasteiger charge is -2.12. The number of guanidine groups is 1. The molecular formula is C16H24F2IN3O2. The van der Waals surface area contributed by atoms with Gasteiger partial charge >= 0.3 is 6.61 Å². The SMILES string of the molecule is CCNC(=NCc1ccc(OC)c(OC(F)F)c1)NC1CC1C.I. The topological polar surface area (TPSA) is 54.9 Å². The molecule has 1 aromatic carbocycles. The molecule has 0 heterocycles. The maximum absolute atomic E-state index is 12.4. The monoisotopic (exact) mass is 455 g/mol. The van der Waals surface area contributed by atoms with Gasteiger partial charge in [0.15, 0.2) is 17.5 Å². The molecule has 0 amide bonds. The van der Waals surface area contributed by atoms with E-state index in [1.807, 2.05) is 6.92 Å². The van der Waals surface area contributed by atoms with Gasteiger partial charge in [0.2, 0.25) is 0 Å². The Labute approximate surface area is 158 Å². The Morgan fingerprint density at radius 3 is 2.62 bits per heavy atom. The van der Waals surface area contributed by atoms with Gasteiger partial charge in [-0.25, -0.2) is 4.99 Å². The fourth-order valence-corrected chi connectivity index (χ4v) is 2.20. The van der Waals surface area contributed by atoms with Crippen molar-refractivity contribution in [2.75, 3.05) is 13.7 Å². The van der Waals surface area contributed by atoms with Crippen molar-refractivity contribution < 1.29 is 18.3 Å². The van der Waals surface area contributed by atoms with Gasteiger partial charge in [0.25, 0.3) is 0 Å². The lowest BCUT2D eigenvalue weighted by atomic mass is 10.2. The average molecular weight is 455 g/mol. The van der Waals surface area contributed by atoms with E-state index in [1.54, 1.807) is 12.1 Å². The Morgan fingerprint density at radius 2 is 2.08 bits per heavy atom. The summed E-state index contributed by atoms with van der Waals surface area (Å²) in [5.74, 6) is 1.68. The zero-order valence-corrected chi connectivity index (χ0v) is 16.3. The van der Waals surface area contributed by atoms with Crippen LogP contribution in [0.15, 0.2) is 23.2 Å². The molecule has 0 spiro atoms. The number of nitrogens with zero attached hydrogens (tertiary/aromatic N) is 1. The summed E-state index contributed by atoms with van der Waals surface area (Å²) in [6.07, 6.45) is 1.14. The minimum atomic E-state index is -2.89. The molecule has 24 heavy (non-hydrogen) atoms. The molecule has 2 N–H and O–H groups in total. The second kappa shape index (κ2) is 9.85. The Bertz CT molecular complexity index is 558. The Balaban J connectivity index is 0.00000288. The number of ether oxygens (including phenoxy) is 2. The molecule has 2 rings (SSSR count). The van der Waals surface area contributed by atoms with Gasteiger partial charge in [-0.15, -0.1) is 24.0 Å². The van der Waals surface area contributed by atoms with Gasteiger partial charge in [-0.2, -0.15) is 8.78 Å². The molecule has 2 unspecified atom stereocenters. The van der Waals surface area contributed by atoms with Crippen LogP contribution >= 0.6 is 24.0 Å². The molecule has 5 nitrogen and oxygen atoms in total. The van der Waals surface area contributed by atoms with E-state index >= 15 is 0 Å². The summed E-state index contributed by atoms with van der Waals surface area (Å²) >= 11 is 0. The van der Waals surface area contributed by atoms with Crippen molar-refractivity contribution in [3.05, 3.63) is 23.8 Å².